The summed E-state index contributed by atoms with van der Waals surface area (Å²) in [6.45, 7) is 3.65. The van der Waals surface area contributed by atoms with E-state index in [-0.39, 0.29) is 5.91 Å². The van der Waals surface area contributed by atoms with Crippen LogP contribution in [0.15, 0.2) is 79.5 Å². The fraction of sp³-hybridized carbons (Fsp3) is 0.231. The molecule has 4 aromatic rings. The number of anilines is 2. The number of pyridine rings is 1. The van der Waals surface area contributed by atoms with Crippen LogP contribution in [0.5, 0.6) is 0 Å². The number of carbonyl (C=O) groups excluding carboxylic acids is 1. The first-order valence-electron chi connectivity index (χ1n) is 11.4. The molecule has 1 aromatic carbocycles. The van der Waals surface area contributed by atoms with E-state index in [0.717, 1.165) is 29.9 Å². The molecule has 8 heteroatoms. The molecule has 1 fully saturated rings. The number of rotatable bonds is 6. The van der Waals surface area contributed by atoms with Gasteiger partial charge in [-0.05, 0) is 23.8 Å². The predicted molar refractivity (Wildman–Crippen MR) is 133 cm³/mol. The van der Waals surface area contributed by atoms with Crippen molar-refractivity contribution in [2.24, 2.45) is 7.05 Å². The van der Waals surface area contributed by atoms with E-state index in [9.17, 15) is 4.79 Å². The lowest BCUT2D eigenvalue weighted by atomic mass is 10.2. The van der Waals surface area contributed by atoms with Crippen molar-refractivity contribution in [3.8, 4) is 11.1 Å². The monoisotopic (exact) mass is 453 g/mol. The van der Waals surface area contributed by atoms with Gasteiger partial charge in [0.2, 0.25) is 5.95 Å². The Morgan fingerprint density at radius 2 is 1.65 bits per heavy atom. The van der Waals surface area contributed by atoms with Crippen molar-refractivity contribution in [2.45, 2.75) is 6.54 Å². The SMILES string of the molecule is Cn1cc(-c2cnc(NCc3ccccc3)nc2)cc1C(=O)N1CCN(c2ccncc2)CC1. The third-order valence-corrected chi connectivity index (χ3v) is 6.10. The van der Waals surface area contributed by atoms with Gasteiger partial charge in [0.05, 0.1) is 0 Å². The van der Waals surface area contributed by atoms with Crippen molar-refractivity contribution in [1.82, 2.24) is 24.4 Å². The highest BCUT2D eigenvalue weighted by Gasteiger charge is 2.24. The average Bonchev–Trinajstić information content (AvgIpc) is 3.30. The number of nitrogens with zero attached hydrogens (tertiary/aromatic N) is 6. The zero-order valence-electron chi connectivity index (χ0n) is 19.1. The second kappa shape index (κ2) is 9.74. The van der Waals surface area contributed by atoms with E-state index in [1.807, 2.05) is 59.1 Å². The first-order chi connectivity index (χ1) is 16.7. The van der Waals surface area contributed by atoms with E-state index < -0.39 is 0 Å². The molecular formula is C26H27N7O. The average molecular weight is 454 g/mol. The molecule has 1 amide bonds. The third kappa shape index (κ3) is 4.76. The quantitative estimate of drug-likeness (QED) is 0.482. The third-order valence-electron chi connectivity index (χ3n) is 6.10. The Balaban J connectivity index is 1.22. The number of amides is 1. The first-order valence-corrected chi connectivity index (χ1v) is 11.4. The second-order valence-corrected chi connectivity index (χ2v) is 8.34. The maximum atomic E-state index is 13.2. The Labute approximate surface area is 198 Å². The molecule has 4 heterocycles. The summed E-state index contributed by atoms with van der Waals surface area (Å²) in [6, 6.07) is 16.1. The van der Waals surface area contributed by atoms with Gasteiger partial charge in [-0.25, -0.2) is 9.97 Å². The van der Waals surface area contributed by atoms with Gasteiger partial charge in [-0.3, -0.25) is 9.78 Å². The van der Waals surface area contributed by atoms with Crippen molar-refractivity contribution in [2.75, 3.05) is 36.4 Å². The zero-order chi connectivity index (χ0) is 23.3. The maximum absolute atomic E-state index is 13.2. The molecule has 0 atom stereocenters. The zero-order valence-corrected chi connectivity index (χ0v) is 19.1. The van der Waals surface area contributed by atoms with Gasteiger partial charge >= 0.3 is 0 Å². The van der Waals surface area contributed by atoms with Crippen LogP contribution in [0.3, 0.4) is 0 Å². The van der Waals surface area contributed by atoms with Gasteiger partial charge in [-0.15, -0.1) is 0 Å². The van der Waals surface area contributed by atoms with E-state index in [2.05, 4.69) is 37.3 Å². The van der Waals surface area contributed by atoms with Gasteiger partial charge in [0.15, 0.2) is 0 Å². The van der Waals surface area contributed by atoms with Gasteiger partial charge in [0.1, 0.15) is 5.69 Å². The largest absolute Gasteiger partial charge is 0.368 e. The summed E-state index contributed by atoms with van der Waals surface area (Å²) in [5.41, 5.74) is 4.78. The molecule has 0 aliphatic carbocycles. The Kier molecular flexibility index (Phi) is 6.20. The van der Waals surface area contributed by atoms with Crippen LogP contribution < -0.4 is 10.2 Å². The number of nitrogens with one attached hydrogen (secondary N) is 1. The summed E-state index contributed by atoms with van der Waals surface area (Å²) in [5, 5.41) is 3.24. The number of benzene rings is 1. The number of piperazine rings is 1. The van der Waals surface area contributed by atoms with Crippen LogP contribution in [-0.4, -0.2) is 56.5 Å². The lowest BCUT2D eigenvalue weighted by molar-refractivity contribution is 0.0737. The number of hydrogen-bond donors (Lipinski definition) is 1. The predicted octanol–water partition coefficient (Wildman–Crippen LogP) is 3.45. The van der Waals surface area contributed by atoms with E-state index in [1.54, 1.807) is 24.8 Å². The molecule has 1 saturated heterocycles. The molecule has 8 nitrogen and oxygen atoms in total. The lowest BCUT2D eigenvalue weighted by Gasteiger charge is -2.36. The first kappa shape index (κ1) is 21.6. The molecule has 0 radical (unpaired) electrons. The minimum absolute atomic E-state index is 0.0465. The molecule has 0 spiro atoms. The highest BCUT2D eigenvalue weighted by molar-refractivity contribution is 5.94. The molecule has 0 bridgehead atoms. The van der Waals surface area contributed by atoms with Crippen LogP contribution in [0.4, 0.5) is 11.6 Å². The number of carbonyl (C=O) groups is 1. The standard InChI is InChI=1S/C26H27N7O/c1-31-19-21(22-17-29-26(30-18-22)28-16-20-5-3-2-4-6-20)15-24(31)25(34)33-13-11-32(12-14-33)23-7-9-27-10-8-23/h2-10,15,17-19H,11-14,16H2,1H3,(H,28,29,30). The fourth-order valence-electron chi connectivity index (χ4n) is 4.16. The van der Waals surface area contributed by atoms with Crippen molar-refractivity contribution < 1.29 is 4.79 Å². The van der Waals surface area contributed by atoms with Crippen LogP contribution >= 0.6 is 0 Å². The summed E-state index contributed by atoms with van der Waals surface area (Å²) in [5.74, 6) is 0.622. The topological polar surface area (TPSA) is 79.2 Å². The molecule has 1 N–H and O–H groups in total. The summed E-state index contributed by atoms with van der Waals surface area (Å²) < 4.78 is 1.88. The fourth-order valence-corrected chi connectivity index (χ4v) is 4.16. The molecule has 5 rings (SSSR count). The minimum atomic E-state index is 0.0465. The normalized spacial score (nSPS) is 13.7. The second-order valence-electron chi connectivity index (χ2n) is 8.34. The maximum Gasteiger partial charge on any atom is 0.270 e. The van der Waals surface area contributed by atoms with E-state index in [1.165, 1.54) is 5.56 Å². The Hall–Kier alpha value is -4.20. The molecule has 34 heavy (non-hydrogen) atoms. The smallest absolute Gasteiger partial charge is 0.270 e. The number of hydrogen-bond acceptors (Lipinski definition) is 6. The van der Waals surface area contributed by atoms with E-state index >= 15 is 0 Å². The van der Waals surface area contributed by atoms with Crippen LogP contribution in [0, 0.1) is 0 Å². The Morgan fingerprint density at radius 3 is 2.35 bits per heavy atom. The Bertz CT molecular complexity index is 1230. The van der Waals surface area contributed by atoms with Crippen LogP contribution in [0.2, 0.25) is 0 Å². The van der Waals surface area contributed by atoms with Crippen molar-refractivity contribution in [3.63, 3.8) is 0 Å². The minimum Gasteiger partial charge on any atom is -0.368 e. The van der Waals surface area contributed by atoms with Crippen molar-refractivity contribution in [1.29, 1.82) is 0 Å². The molecule has 1 aliphatic rings. The van der Waals surface area contributed by atoms with Gasteiger partial charge in [-0.1, -0.05) is 30.3 Å². The van der Waals surface area contributed by atoms with Crippen LogP contribution in [0.1, 0.15) is 16.1 Å². The molecule has 0 saturated carbocycles. The summed E-state index contributed by atoms with van der Waals surface area (Å²) in [7, 11) is 1.90. The molecule has 3 aromatic heterocycles. The molecular weight excluding hydrogens is 426 g/mol. The van der Waals surface area contributed by atoms with Gasteiger partial charge < -0.3 is 19.7 Å². The molecule has 172 valence electrons. The molecule has 1 aliphatic heterocycles. The lowest BCUT2D eigenvalue weighted by Crippen LogP contribution is -2.49. The summed E-state index contributed by atoms with van der Waals surface area (Å²) in [4.78, 5) is 30.4. The number of aryl methyl sites for hydroxylation is 1. The summed E-state index contributed by atoms with van der Waals surface area (Å²) >= 11 is 0. The van der Waals surface area contributed by atoms with Crippen molar-refractivity contribution >= 4 is 17.5 Å². The Morgan fingerprint density at radius 1 is 0.941 bits per heavy atom. The van der Waals surface area contributed by atoms with E-state index in [4.69, 9.17) is 0 Å². The molecule has 0 unspecified atom stereocenters. The van der Waals surface area contributed by atoms with Gasteiger partial charge in [-0.2, -0.15) is 0 Å². The van der Waals surface area contributed by atoms with Gasteiger partial charge in [0.25, 0.3) is 5.91 Å². The highest BCUT2D eigenvalue weighted by Crippen LogP contribution is 2.23. The van der Waals surface area contributed by atoms with Gasteiger partial charge in [0, 0.05) is 87.6 Å². The van der Waals surface area contributed by atoms with Crippen LogP contribution in [-0.2, 0) is 13.6 Å². The van der Waals surface area contributed by atoms with E-state index in [0.29, 0.717) is 31.3 Å². The summed E-state index contributed by atoms with van der Waals surface area (Å²) in [6.07, 6.45) is 9.13. The van der Waals surface area contributed by atoms with Crippen LogP contribution in [0.25, 0.3) is 11.1 Å². The van der Waals surface area contributed by atoms with Crippen molar-refractivity contribution in [3.05, 3.63) is 90.8 Å². The highest BCUT2D eigenvalue weighted by atomic mass is 16.2. The number of aromatic nitrogens is 4.